The molecule has 0 amide bonds. The lowest BCUT2D eigenvalue weighted by Gasteiger charge is -2.49. The maximum atomic E-state index is 10.4. The minimum atomic E-state index is -2.09. The Labute approximate surface area is 192 Å². The highest BCUT2D eigenvalue weighted by Gasteiger charge is 2.80. The van der Waals surface area contributed by atoms with Crippen LogP contribution in [-0.2, 0) is 15.3 Å². The van der Waals surface area contributed by atoms with Crippen LogP contribution >= 0.6 is 0 Å². The Morgan fingerprint density at radius 2 is 1.64 bits per heavy atom. The van der Waals surface area contributed by atoms with Crippen molar-refractivity contribution in [3.05, 3.63) is 59.2 Å². The number of para-hydroxylation sites is 1. The topological polar surface area (TPSA) is 132 Å². The van der Waals surface area contributed by atoms with Gasteiger partial charge in [0.25, 0.3) is 0 Å². The van der Waals surface area contributed by atoms with Crippen molar-refractivity contribution in [1.29, 1.82) is 21.2 Å². The molecule has 1 N–H and O–H groups in total. The van der Waals surface area contributed by atoms with E-state index in [-0.39, 0.29) is 5.75 Å². The molecule has 2 fully saturated rings. The predicted octanol–water partition coefficient (Wildman–Crippen LogP) is 4.12. The maximum Gasteiger partial charge on any atom is 0.244 e. The predicted molar refractivity (Wildman–Crippen MR) is 116 cm³/mol. The quantitative estimate of drug-likeness (QED) is 0.753. The summed E-state index contributed by atoms with van der Waals surface area (Å²) in [6.07, 6.45) is -1.28. The molecule has 4 unspecified atom stereocenters. The first-order chi connectivity index (χ1) is 15.8. The van der Waals surface area contributed by atoms with E-state index >= 15 is 0 Å². The Morgan fingerprint density at radius 1 is 0.970 bits per heavy atom. The molecule has 2 heterocycles. The first-order valence-electron chi connectivity index (χ1n) is 10.3. The van der Waals surface area contributed by atoms with E-state index in [1.165, 1.54) is 14.2 Å². The number of fused-ring (bicyclic) bond motifs is 2. The Morgan fingerprint density at radius 3 is 2.18 bits per heavy atom. The lowest BCUT2D eigenvalue weighted by molar-refractivity contribution is -0.288. The van der Waals surface area contributed by atoms with Crippen LogP contribution in [-0.4, -0.2) is 20.1 Å². The van der Waals surface area contributed by atoms with E-state index in [1.54, 1.807) is 37.3 Å². The number of hydrogen-bond acceptors (Lipinski definition) is 8. The maximum absolute atomic E-state index is 10.4. The molecule has 0 aliphatic carbocycles. The molecule has 2 saturated heterocycles. The SMILES string of the molecule is COc1cccc(C2OC3(c4ccc(C)cc4)OC(=N)C(C#N)(C3C)C2(C#N)C#N)c1OC. The van der Waals surface area contributed by atoms with Gasteiger partial charge in [-0.25, -0.2) is 0 Å². The van der Waals surface area contributed by atoms with Crippen molar-refractivity contribution in [2.24, 2.45) is 16.7 Å². The van der Waals surface area contributed by atoms with Gasteiger partial charge in [-0.05, 0) is 13.0 Å². The van der Waals surface area contributed by atoms with Crippen LogP contribution in [0.15, 0.2) is 42.5 Å². The van der Waals surface area contributed by atoms with Crippen molar-refractivity contribution < 1.29 is 18.9 Å². The lowest BCUT2D eigenvalue weighted by atomic mass is 9.53. The summed E-state index contributed by atoms with van der Waals surface area (Å²) in [4.78, 5) is 0. The highest BCUT2D eigenvalue weighted by atomic mass is 16.7. The zero-order valence-electron chi connectivity index (χ0n) is 18.7. The van der Waals surface area contributed by atoms with Gasteiger partial charge in [0.05, 0.1) is 38.3 Å². The van der Waals surface area contributed by atoms with Gasteiger partial charge >= 0.3 is 0 Å². The highest BCUT2D eigenvalue weighted by molar-refractivity contribution is 5.89. The Balaban J connectivity index is 2.07. The molecule has 2 bridgehead atoms. The van der Waals surface area contributed by atoms with Crippen LogP contribution in [0.25, 0.3) is 0 Å². The second-order valence-electron chi connectivity index (χ2n) is 8.22. The third-order valence-corrected chi connectivity index (χ3v) is 6.84. The molecule has 2 aromatic rings. The summed E-state index contributed by atoms with van der Waals surface area (Å²) >= 11 is 0. The second-order valence-corrected chi connectivity index (χ2v) is 8.22. The molecule has 166 valence electrons. The van der Waals surface area contributed by atoms with Gasteiger partial charge in [-0.1, -0.05) is 48.9 Å². The first kappa shape index (κ1) is 22.1. The third kappa shape index (κ3) is 2.55. The van der Waals surface area contributed by atoms with Gasteiger partial charge in [0, 0.05) is 11.1 Å². The van der Waals surface area contributed by atoms with E-state index in [9.17, 15) is 15.8 Å². The number of rotatable bonds is 4. The van der Waals surface area contributed by atoms with Gasteiger partial charge < -0.3 is 18.9 Å². The van der Waals surface area contributed by atoms with Gasteiger partial charge in [-0.15, -0.1) is 0 Å². The highest BCUT2D eigenvalue weighted by Crippen LogP contribution is 2.69. The smallest absolute Gasteiger partial charge is 0.244 e. The van der Waals surface area contributed by atoms with E-state index in [0.29, 0.717) is 16.9 Å². The molecule has 0 saturated carbocycles. The van der Waals surface area contributed by atoms with E-state index in [0.717, 1.165) is 5.56 Å². The van der Waals surface area contributed by atoms with E-state index in [1.807, 2.05) is 31.2 Å². The monoisotopic (exact) mass is 442 g/mol. The summed E-state index contributed by atoms with van der Waals surface area (Å²) in [6, 6.07) is 18.6. The van der Waals surface area contributed by atoms with Crippen LogP contribution in [0.5, 0.6) is 11.5 Å². The van der Waals surface area contributed by atoms with Crippen molar-refractivity contribution in [2.45, 2.75) is 25.7 Å². The molecule has 0 aromatic heterocycles. The molecule has 2 aliphatic heterocycles. The van der Waals surface area contributed by atoms with Crippen molar-refractivity contribution in [1.82, 2.24) is 0 Å². The van der Waals surface area contributed by atoms with Gasteiger partial charge in [0.1, 0.15) is 6.10 Å². The minimum absolute atomic E-state index is 0.271. The second kappa shape index (κ2) is 7.52. The Hall–Kier alpha value is -4.06. The number of nitrogens with one attached hydrogen (secondary N) is 1. The van der Waals surface area contributed by atoms with Gasteiger partial charge in [-0.3, -0.25) is 5.41 Å². The molecule has 0 spiro atoms. The summed E-state index contributed by atoms with van der Waals surface area (Å²) in [5, 5.41) is 39.9. The minimum Gasteiger partial charge on any atom is -0.493 e. The summed E-state index contributed by atoms with van der Waals surface area (Å²) in [5.74, 6) is -2.22. The number of ether oxygens (including phenoxy) is 4. The standard InChI is InChI=1S/C25H22N4O4/c1-15-8-10-17(11-9-15)25-16(2)24(14-28,22(29)33-25)23(12-26,13-27)21(32-25)18-6-5-7-19(30-3)20(18)31-4/h5-11,16,21,29H,1-4H3. The number of methoxy groups -OCH3 is 2. The number of aryl methyl sites for hydroxylation is 1. The van der Waals surface area contributed by atoms with Gasteiger partial charge in [-0.2, -0.15) is 15.8 Å². The first-order valence-corrected chi connectivity index (χ1v) is 10.3. The zero-order valence-corrected chi connectivity index (χ0v) is 18.7. The fourth-order valence-electron chi connectivity index (χ4n) is 5.05. The number of hydrogen-bond donors (Lipinski definition) is 1. The molecule has 8 nitrogen and oxygen atoms in total. The van der Waals surface area contributed by atoms with Crippen LogP contribution in [0.4, 0.5) is 0 Å². The average Bonchev–Trinajstić information content (AvgIpc) is 3.00. The number of nitrogens with zero attached hydrogens (tertiary/aromatic N) is 3. The molecule has 8 heteroatoms. The van der Waals surface area contributed by atoms with Crippen LogP contribution in [0.3, 0.4) is 0 Å². The van der Waals surface area contributed by atoms with E-state index in [4.69, 9.17) is 24.4 Å². The van der Waals surface area contributed by atoms with Gasteiger partial charge in [0.15, 0.2) is 16.9 Å². The normalized spacial score (nSPS) is 29.2. The summed E-state index contributed by atoms with van der Waals surface area (Å²) in [6.45, 7) is 3.61. The molecule has 4 rings (SSSR count). The fourth-order valence-corrected chi connectivity index (χ4v) is 5.05. The fraction of sp³-hybridized carbons (Fsp3) is 0.360. The number of benzene rings is 2. The van der Waals surface area contributed by atoms with E-state index < -0.39 is 34.5 Å². The van der Waals surface area contributed by atoms with Crippen molar-refractivity contribution in [2.75, 3.05) is 14.2 Å². The summed E-state index contributed by atoms with van der Waals surface area (Å²) < 4.78 is 23.5. The van der Waals surface area contributed by atoms with Crippen LogP contribution in [0, 0.1) is 63.1 Å². The Kier molecular flexibility index (Phi) is 5.04. The lowest BCUT2D eigenvalue weighted by Crippen LogP contribution is -2.57. The van der Waals surface area contributed by atoms with Crippen LogP contribution < -0.4 is 9.47 Å². The third-order valence-electron chi connectivity index (χ3n) is 6.84. The summed E-state index contributed by atoms with van der Waals surface area (Å²) in [7, 11) is 2.91. The molecular weight excluding hydrogens is 420 g/mol. The van der Waals surface area contributed by atoms with Crippen molar-refractivity contribution in [3.63, 3.8) is 0 Å². The van der Waals surface area contributed by atoms with Crippen molar-refractivity contribution >= 4 is 5.90 Å². The zero-order chi connectivity index (χ0) is 24.0. The van der Waals surface area contributed by atoms with Crippen molar-refractivity contribution in [3.8, 4) is 29.7 Å². The molecule has 2 aromatic carbocycles. The van der Waals surface area contributed by atoms with Gasteiger partial charge in [0.2, 0.25) is 17.1 Å². The molecular formula is C25H22N4O4. The number of nitriles is 3. The average molecular weight is 442 g/mol. The summed E-state index contributed by atoms with van der Waals surface area (Å²) in [5.41, 5.74) is -2.05. The Bertz CT molecular complexity index is 1240. The van der Waals surface area contributed by atoms with E-state index in [2.05, 4.69) is 6.07 Å². The van der Waals surface area contributed by atoms with Crippen LogP contribution in [0.1, 0.15) is 29.7 Å². The molecule has 2 aliphatic rings. The van der Waals surface area contributed by atoms with Crippen LogP contribution in [0.2, 0.25) is 0 Å². The molecule has 33 heavy (non-hydrogen) atoms. The largest absolute Gasteiger partial charge is 0.493 e. The molecule has 0 radical (unpaired) electrons. The molecule has 4 atom stereocenters.